The minimum Gasteiger partial charge on any atom is -0.466 e. The molecular weight excluding hydrogens is 431 g/mol. The van der Waals surface area contributed by atoms with E-state index in [1.807, 2.05) is 0 Å². The Bertz CT molecular complexity index is 647. The maximum Gasteiger partial charge on any atom is 0.306 e. The standard InChI is InChI=1S/C29H47FO4/c1-2-3-4-5-6-7-8-9-10-11-12-13-14-15-18-24-33-28(31)21-22-29(32)34-25-23-26-19-16-17-20-27(26)30/h16-17,19-20H,2-15,18,21-25H2,1H3. The van der Waals surface area contributed by atoms with E-state index in [2.05, 4.69) is 6.92 Å². The maximum absolute atomic E-state index is 13.5. The summed E-state index contributed by atoms with van der Waals surface area (Å²) in [6.07, 6.45) is 19.8. The number of unbranched alkanes of at least 4 members (excludes halogenated alkanes) is 14. The molecule has 0 aliphatic rings. The normalized spacial score (nSPS) is 10.9. The molecule has 1 rings (SSSR count). The van der Waals surface area contributed by atoms with Gasteiger partial charge in [-0.3, -0.25) is 9.59 Å². The van der Waals surface area contributed by atoms with Crippen LogP contribution in [0.2, 0.25) is 0 Å². The third kappa shape index (κ3) is 17.6. The maximum atomic E-state index is 13.5. The molecule has 0 aliphatic carbocycles. The molecule has 0 radical (unpaired) electrons. The van der Waals surface area contributed by atoms with Crippen molar-refractivity contribution in [1.29, 1.82) is 0 Å². The number of carbonyl (C=O) groups is 2. The van der Waals surface area contributed by atoms with Gasteiger partial charge in [-0.1, -0.05) is 115 Å². The summed E-state index contributed by atoms with van der Waals surface area (Å²) in [4.78, 5) is 23.5. The predicted molar refractivity (Wildman–Crippen MR) is 136 cm³/mol. The summed E-state index contributed by atoms with van der Waals surface area (Å²) in [7, 11) is 0. The zero-order valence-electron chi connectivity index (χ0n) is 21.5. The highest BCUT2D eigenvalue weighted by Crippen LogP contribution is 2.13. The topological polar surface area (TPSA) is 52.6 Å². The van der Waals surface area contributed by atoms with Crippen LogP contribution in [-0.2, 0) is 25.5 Å². The molecule has 0 aliphatic heterocycles. The molecule has 1 aromatic carbocycles. The van der Waals surface area contributed by atoms with Gasteiger partial charge in [0.2, 0.25) is 0 Å². The second kappa shape index (κ2) is 21.6. The highest BCUT2D eigenvalue weighted by Gasteiger charge is 2.10. The first kappa shape index (κ1) is 30.1. The van der Waals surface area contributed by atoms with Gasteiger partial charge in [-0.2, -0.15) is 0 Å². The summed E-state index contributed by atoms with van der Waals surface area (Å²) in [5, 5.41) is 0. The van der Waals surface area contributed by atoms with Crippen molar-refractivity contribution in [3.05, 3.63) is 35.6 Å². The van der Waals surface area contributed by atoms with Crippen LogP contribution in [0.15, 0.2) is 24.3 Å². The SMILES string of the molecule is CCCCCCCCCCCCCCCCCOC(=O)CCC(=O)OCCc1ccccc1F. The molecule has 0 atom stereocenters. The number of hydrogen-bond acceptors (Lipinski definition) is 4. The Hall–Kier alpha value is -1.91. The highest BCUT2D eigenvalue weighted by atomic mass is 19.1. The summed E-state index contributed by atoms with van der Waals surface area (Å²) in [6, 6.07) is 6.41. The molecule has 0 N–H and O–H groups in total. The van der Waals surface area contributed by atoms with E-state index in [4.69, 9.17) is 9.47 Å². The van der Waals surface area contributed by atoms with E-state index in [1.165, 1.54) is 89.5 Å². The molecule has 0 unspecified atom stereocenters. The number of halogens is 1. The Balaban J connectivity index is 1.83. The fourth-order valence-corrected chi connectivity index (χ4v) is 3.98. The van der Waals surface area contributed by atoms with Gasteiger partial charge in [0.25, 0.3) is 0 Å². The zero-order chi connectivity index (χ0) is 24.7. The predicted octanol–water partition coefficient (Wildman–Crippen LogP) is 8.11. The van der Waals surface area contributed by atoms with Gasteiger partial charge in [-0.25, -0.2) is 4.39 Å². The fourth-order valence-electron chi connectivity index (χ4n) is 3.98. The number of hydrogen-bond donors (Lipinski definition) is 0. The van der Waals surface area contributed by atoms with Gasteiger partial charge in [0, 0.05) is 6.42 Å². The molecule has 4 nitrogen and oxygen atoms in total. The Kier molecular flexibility index (Phi) is 19.1. The molecule has 1 aromatic rings. The Morgan fingerprint density at radius 2 is 1.09 bits per heavy atom. The van der Waals surface area contributed by atoms with Crippen LogP contribution in [0.4, 0.5) is 4.39 Å². The number of esters is 2. The van der Waals surface area contributed by atoms with Gasteiger partial charge in [-0.15, -0.1) is 0 Å². The lowest BCUT2D eigenvalue weighted by Crippen LogP contribution is -2.12. The molecule has 0 amide bonds. The first-order valence-corrected chi connectivity index (χ1v) is 13.7. The number of carbonyl (C=O) groups excluding carboxylic acids is 2. The molecule has 194 valence electrons. The summed E-state index contributed by atoms with van der Waals surface area (Å²) in [5.74, 6) is -1.13. The van der Waals surface area contributed by atoms with Crippen molar-refractivity contribution in [2.24, 2.45) is 0 Å². The average molecular weight is 479 g/mol. The largest absolute Gasteiger partial charge is 0.466 e. The third-order valence-electron chi connectivity index (χ3n) is 6.14. The van der Waals surface area contributed by atoms with Gasteiger partial charge in [-0.05, 0) is 18.1 Å². The van der Waals surface area contributed by atoms with Crippen LogP contribution < -0.4 is 0 Å². The number of ether oxygens (including phenoxy) is 2. The molecule has 34 heavy (non-hydrogen) atoms. The third-order valence-corrected chi connectivity index (χ3v) is 6.14. The fraction of sp³-hybridized carbons (Fsp3) is 0.724. The highest BCUT2D eigenvalue weighted by molar-refractivity contribution is 5.77. The van der Waals surface area contributed by atoms with Gasteiger partial charge >= 0.3 is 11.9 Å². The Labute approximate surface area is 207 Å². The van der Waals surface area contributed by atoms with Crippen molar-refractivity contribution in [3.63, 3.8) is 0 Å². The van der Waals surface area contributed by atoms with E-state index in [1.54, 1.807) is 18.2 Å². The van der Waals surface area contributed by atoms with Gasteiger partial charge < -0.3 is 9.47 Å². The first-order valence-electron chi connectivity index (χ1n) is 13.7. The van der Waals surface area contributed by atoms with Crippen molar-refractivity contribution < 1.29 is 23.5 Å². The van der Waals surface area contributed by atoms with Crippen LogP contribution in [0.3, 0.4) is 0 Å². The molecule has 0 spiro atoms. The van der Waals surface area contributed by atoms with E-state index in [-0.39, 0.29) is 31.2 Å². The van der Waals surface area contributed by atoms with E-state index < -0.39 is 5.97 Å². The Morgan fingerprint density at radius 3 is 1.59 bits per heavy atom. The average Bonchev–Trinajstić information content (AvgIpc) is 2.83. The molecule has 0 heterocycles. The van der Waals surface area contributed by atoms with Crippen LogP contribution in [0, 0.1) is 5.82 Å². The molecule has 0 bridgehead atoms. The minimum atomic E-state index is -0.458. The van der Waals surface area contributed by atoms with E-state index in [0.29, 0.717) is 18.6 Å². The molecule has 0 saturated heterocycles. The summed E-state index contributed by atoms with van der Waals surface area (Å²) in [6.45, 7) is 2.78. The second-order valence-corrected chi connectivity index (χ2v) is 9.23. The molecule has 0 aromatic heterocycles. The lowest BCUT2D eigenvalue weighted by Gasteiger charge is -2.07. The van der Waals surface area contributed by atoms with Gasteiger partial charge in [0.15, 0.2) is 0 Å². The molecule has 5 heteroatoms. The second-order valence-electron chi connectivity index (χ2n) is 9.23. The van der Waals surface area contributed by atoms with Crippen molar-refractivity contribution in [1.82, 2.24) is 0 Å². The van der Waals surface area contributed by atoms with Crippen molar-refractivity contribution in [3.8, 4) is 0 Å². The minimum absolute atomic E-state index is 0.00500. The van der Waals surface area contributed by atoms with Gasteiger partial charge in [0.1, 0.15) is 5.82 Å². The van der Waals surface area contributed by atoms with Crippen LogP contribution >= 0.6 is 0 Å². The smallest absolute Gasteiger partial charge is 0.306 e. The van der Waals surface area contributed by atoms with Crippen LogP contribution in [0.25, 0.3) is 0 Å². The van der Waals surface area contributed by atoms with E-state index in [9.17, 15) is 14.0 Å². The van der Waals surface area contributed by atoms with Crippen LogP contribution in [0.5, 0.6) is 0 Å². The quantitative estimate of drug-likeness (QED) is 0.125. The van der Waals surface area contributed by atoms with Crippen LogP contribution in [-0.4, -0.2) is 25.2 Å². The molecule has 0 fully saturated rings. The van der Waals surface area contributed by atoms with Crippen LogP contribution in [0.1, 0.15) is 122 Å². The lowest BCUT2D eigenvalue weighted by atomic mass is 10.0. The lowest BCUT2D eigenvalue weighted by molar-refractivity contribution is -0.150. The number of benzene rings is 1. The summed E-state index contributed by atoms with van der Waals surface area (Å²) < 4.78 is 23.8. The van der Waals surface area contributed by atoms with Gasteiger partial charge in [0.05, 0.1) is 26.1 Å². The summed E-state index contributed by atoms with van der Waals surface area (Å²) >= 11 is 0. The molecule has 0 saturated carbocycles. The van der Waals surface area contributed by atoms with E-state index >= 15 is 0 Å². The molecular formula is C29H47FO4. The number of rotatable bonds is 22. The van der Waals surface area contributed by atoms with Crippen molar-refractivity contribution >= 4 is 11.9 Å². The van der Waals surface area contributed by atoms with E-state index in [0.717, 1.165) is 12.8 Å². The zero-order valence-corrected chi connectivity index (χ0v) is 21.5. The van der Waals surface area contributed by atoms with Crippen molar-refractivity contribution in [2.75, 3.05) is 13.2 Å². The first-order chi connectivity index (χ1) is 16.6. The van der Waals surface area contributed by atoms with Crippen molar-refractivity contribution in [2.45, 2.75) is 122 Å². The Morgan fingerprint density at radius 1 is 0.647 bits per heavy atom. The monoisotopic (exact) mass is 478 g/mol. The summed E-state index contributed by atoms with van der Waals surface area (Å²) in [5.41, 5.74) is 0.512.